The maximum atomic E-state index is 13.6. The summed E-state index contributed by atoms with van der Waals surface area (Å²) in [6.45, 7) is -0.0728. The van der Waals surface area contributed by atoms with Gasteiger partial charge >= 0.3 is 6.03 Å². The monoisotopic (exact) mass is 466 g/mol. The summed E-state index contributed by atoms with van der Waals surface area (Å²) in [6, 6.07) is 9.36. The fourth-order valence-electron chi connectivity index (χ4n) is 2.74. The molecule has 0 atom stereocenters. The molecule has 0 spiro atoms. The highest BCUT2D eigenvalue weighted by molar-refractivity contribution is 9.10. The Kier molecular flexibility index (Phi) is 6.42. The van der Waals surface area contributed by atoms with Crippen LogP contribution in [0.4, 0.5) is 25.0 Å². The van der Waals surface area contributed by atoms with Crippen molar-refractivity contribution in [3.8, 4) is 0 Å². The van der Waals surface area contributed by atoms with Gasteiger partial charge in [0, 0.05) is 29.3 Å². The lowest BCUT2D eigenvalue weighted by atomic mass is 10.2. The maximum Gasteiger partial charge on any atom is 0.322 e. The number of anilines is 2. The van der Waals surface area contributed by atoms with Gasteiger partial charge in [0.05, 0.1) is 12.2 Å². The number of benzene rings is 2. The quantitative estimate of drug-likeness (QED) is 0.726. The number of hydrogen-bond donors (Lipinski definition) is 2. The van der Waals surface area contributed by atoms with Crippen LogP contribution >= 0.6 is 15.9 Å². The van der Waals surface area contributed by atoms with Gasteiger partial charge in [0.15, 0.2) is 0 Å². The Balaban J connectivity index is 1.51. The predicted molar refractivity (Wildman–Crippen MR) is 106 cm³/mol. The normalized spacial score (nSPS) is 14.0. The molecular formula is C19H17BrF2N4O3. The molecule has 10 heteroatoms. The van der Waals surface area contributed by atoms with Crippen molar-refractivity contribution in [3.63, 3.8) is 0 Å². The molecule has 0 aromatic heterocycles. The van der Waals surface area contributed by atoms with E-state index in [-0.39, 0.29) is 31.9 Å². The molecular weight excluding hydrogens is 450 g/mol. The lowest BCUT2D eigenvalue weighted by molar-refractivity contribution is -0.137. The van der Waals surface area contributed by atoms with Crippen molar-refractivity contribution in [2.45, 2.75) is 0 Å². The van der Waals surface area contributed by atoms with E-state index in [1.807, 2.05) is 0 Å². The van der Waals surface area contributed by atoms with Gasteiger partial charge in [0.2, 0.25) is 11.8 Å². The molecule has 2 aromatic carbocycles. The molecule has 1 heterocycles. The summed E-state index contributed by atoms with van der Waals surface area (Å²) in [5.74, 6) is -2.68. The van der Waals surface area contributed by atoms with Crippen LogP contribution in [0.2, 0.25) is 0 Å². The van der Waals surface area contributed by atoms with Crippen molar-refractivity contribution in [1.29, 1.82) is 0 Å². The minimum absolute atomic E-state index is 0.159. The molecule has 1 aliphatic rings. The summed E-state index contributed by atoms with van der Waals surface area (Å²) in [5.41, 5.74) is 0.421. The van der Waals surface area contributed by atoms with Crippen LogP contribution < -0.4 is 10.6 Å². The lowest BCUT2D eigenvalue weighted by Crippen LogP contribution is -2.54. The average Bonchev–Trinajstić information content (AvgIpc) is 2.67. The number of piperazine rings is 1. The highest BCUT2D eigenvalue weighted by Crippen LogP contribution is 2.16. The van der Waals surface area contributed by atoms with Gasteiger partial charge in [-0.2, -0.15) is 0 Å². The van der Waals surface area contributed by atoms with Gasteiger partial charge in [-0.1, -0.05) is 15.9 Å². The van der Waals surface area contributed by atoms with E-state index in [0.29, 0.717) is 11.8 Å². The Hall–Kier alpha value is -3.01. The van der Waals surface area contributed by atoms with Crippen LogP contribution in [-0.2, 0) is 9.59 Å². The minimum atomic E-state index is -0.904. The van der Waals surface area contributed by atoms with Crippen LogP contribution in [0, 0.1) is 11.6 Å². The van der Waals surface area contributed by atoms with E-state index in [0.717, 1.165) is 16.6 Å². The number of halogens is 3. The van der Waals surface area contributed by atoms with Crippen LogP contribution in [0.5, 0.6) is 0 Å². The summed E-state index contributed by atoms with van der Waals surface area (Å²) in [5, 5.41) is 5.01. The molecule has 0 saturated carbocycles. The van der Waals surface area contributed by atoms with Crippen LogP contribution in [0.15, 0.2) is 46.9 Å². The van der Waals surface area contributed by atoms with Crippen molar-refractivity contribution in [2.24, 2.45) is 0 Å². The highest BCUT2D eigenvalue weighted by Gasteiger charge is 2.28. The number of nitrogens with one attached hydrogen (secondary N) is 2. The first-order valence-corrected chi connectivity index (χ1v) is 9.45. The van der Waals surface area contributed by atoms with Gasteiger partial charge in [0.25, 0.3) is 0 Å². The van der Waals surface area contributed by atoms with Crippen molar-refractivity contribution in [3.05, 3.63) is 58.6 Å². The molecule has 0 unspecified atom stereocenters. The second kappa shape index (κ2) is 8.99. The first-order chi connectivity index (χ1) is 13.8. The topological polar surface area (TPSA) is 81.8 Å². The average molecular weight is 467 g/mol. The fourth-order valence-corrected chi connectivity index (χ4v) is 3.00. The fraction of sp³-hybridized carbons (Fsp3) is 0.211. The molecule has 3 rings (SSSR count). The van der Waals surface area contributed by atoms with Gasteiger partial charge in [-0.05, 0) is 36.4 Å². The molecule has 0 bridgehead atoms. The van der Waals surface area contributed by atoms with E-state index in [2.05, 4.69) is 26.6 Å². The van der Waals surface area contributed by atoms with Gasteiger partial charge in [-0.3, -0.25) is 9.59 Å². The molecule has 1 fully saturated rings. The van der Waals surface area contributed by atoms with Crippen molar-refractivity contribution in [1.82, 2.24) is 9.80 Å². The van der Waals surface area contributed by atoms with Crippen molar-refractivity contribution >= 4 is 45.2 Å². The van der Waals surface area contributed by atoms with Crippen LogP contribution in [0.25, 0.3) is 0 Å². The summed E-state index contributed by atoms with van der Waals surface area (Å²) in [4.78, 5) is 39.3. The van der Waals surface area contributed by atoms with Crippen molar-refractivity contribution < 1.29 is 23.2 Å². The molecule has 7 nitrogen and oxygen atoms in total. The second-order valence-electron chi connectivity index (χ2n) is 6.35. The molecule has 1 aliphatic heterocycles. The van der Waals surface area contributed by atoms with E-state index in [9.17, 15) is 23.2 Å². The predicted octanol–water partition coefficient (Wildman–Crippen LogP) is 3.04. The van der Waals surface area contributed by atoms with Crippen LogP contribution in [0.3, 0.4) is 0 Å². The molecule has 1 saturated heterocycles. The largest absolute Gasteiger partial charge is 0.330 e. The third kappa shape index (κ3) is 5.50. The van der Waals surface area contributed by atoms with E-state index >= 15 is 0 Å². The first-order valence-electron chi connectivity index (χ1n) is 8.66. The molecule has 29 heavy (non-hydrogen) atoms. The van der Waals surface area contributed by atoms with Crippen LogP contribution in [0.1, 0.15) is 0 Å². The highest BCUT2D eigenvalue weighted by atomic mass is 79.9. The number of urea groups is 1. The van der Waals surface area contributed by atoms with E-state index in [1.165, 1.54) is 9.80 Å². The molecule has 4 amide bonds. The smallest absolute Gasteiger partial charge is 0.322 e. The Morgan fingerprint density at radius 1 is 1.03 bits per heavy atom. The van der Waals surface area contributed by atoms with E-state index < -0.39 is 29.5 Å². The zero-order valence-corrected chi connectivity index (χ0v) is 16.7. The Morgan fingerprint density at radius 2 is 1.76 bits per heavy atom. The minimum Gasteiger partial charge on any atom is -0.330 e. The van der Waals surface area contributed by atoms with E-state index in [4.69, 9.17) is 0 Å². The standard InChI is InChI=1S/C19H17BrF2N4O3/c20-12-1-4-14(5-2-12)23-19(29)26-8-7-25(18(28)11-26)10-17(27)24-16-6-3-13(21)9-15(16)22/h1-6,9H,7-8,10-11H2,(H,23,29)(H,24,27). The summed E-state index contributed by atoms with van der Waals surface area (Å²) >= 11 is 3.31. The van der Waals surface area contributed by atoms with Crippen molar-refractivity contribution in [2.75, 3.05) is 36.8 Å². The van der Waals surface area contributed by atoms with Gasteiger partial charge in [-0.15, -0.1) is 0 Å². The SMILES string of the molecule is O=C(CN1CCN(C(=O)Nc2ccc(Br)cc2)CC1=O)Nc1ccc(F)cc1F. The third-order valence-electron chi connectivity index (χ3n) is 4.24. The number of amides is 4. The van der Waals surface area contributed by atoms with Gasteiger partial charge in [-0.25, -0.2) is 13.6 Å². The summed E-state index contributed by atoms with van der Waals surface area (Å²) in [6.07, 6.45) is 0. The number of hydrogen-bond acceptors (Lipinski definition) is 3. The molecule has 152 valence electrons. The lowest BCUT2D eigenvalue weighted by Gasteiger charge is -2.33. The Bertz CT molecular complexity index is 940. The molecule has 0 radical (unpaired) electrons. The summed E-state index contributed by atoms with van der Waals surface area (Å²) < 4.78 is 27.4. The first kappa shape index (κ1) is 20.7. The number of carbonyl (C=O) groups is 3. The number of carbonyl (C=O) groups excluding carboxylic acids is 3. The Morgan fingerprint density at radius 3 is 2.41 bits per heavy atom. The molecule has 2 aromatic rings. The van der Waals surface area contributed by atoms with Crippen LogP contribution in [-0.4, -0.2) is 53.8 Å². The van der Waals surface area contributed by atoms with E-state index in [1.54, 1.807) is 24.3 Å². The zero-order valence-electron chi connectivity index (χ0n) is 15.1. The maximum absolute atomic E-state index is 13.6. The summed E-state index contributed by atoms with van der Waals surface area (Å²) in [7, 11) is 0. The third-order valence-corrected chi connectivity index (χ3v) is 4.77. The zero-order chi connectivity index (χ0) is 21.0. The van der Waals surface area contributed by atoms with Gasteiger partial charge in [0.1, 0.15) is 18.2 Å². The number of rotatable bonds is 4. The number of nitrogens with zero attached hydrogens (tertiary/aromatic N) is 2. The molecule has 2 N–H and O–H groups in total. The van der Waals surface area contributed by atoms with Gasteiger partial charge < -0.3 is 20.4 Å². The second-order valence-corrected chi connectivity index (χ2v) is 7.26. The molecule has 0 aliphatic carbocycles. The Labute approximate surface area is 173 Å².